The Morgan fingerprint density at radius 1 is 1.40 bits per heavy atom. The number of benzene rings is 1. The molecule has 20 heavy (non-hydrogen) atoms. The van der Waals surface area contributed by atoms with E-state index in [-0.39, 0.29) is 5.54 Å². The van der Waals surface area contributed by atoms with Crippen LogP contribution in [0.5, 0.6) is 0 Å². The average Bonchev–Trinajstić information content (AvgIpc) is 2.93. The van der Waals surface area contributed by atoms with Gasteiger partial charge in [-0.3, -0.25) is 0 Å². The van der Waals surface area contributed by atoms with Crippen molar-refractivity contribution in [1.82, 2.24) is 20.2 Å². The molecule has 1 aliphatic rings. The second-order valence-corrected chi connectivity index (χ2v) is 5.59. The van der Waals surface area contributed by atoms with Gasteiger partial charge in [0.15, 0.2) is 5.82 Å². The molecule has 0 amide bonds. The standard InChI is InChI=1S/C14H19N5O/c1-10-11(5-3-6-12(10)15)13-16-17-18-19(13)14(2)7-4-8-20-9-14/h3,5-6H,4,7-9,15H2,1-2H3. The van der Waals surface area contributed by atoms with Crippen LogP contribution in [-0.2, 0) is 10.3 Å². The average molecular weight is 273 g/mol. The van der Waals surface area contributed by atoms with Crippen LogP contribution >= 0.6 is 0 Å². The highest BCUT2D eigenvalue weighted by molar-refractivity contribution is 5.67. The molecule has 1 atom stereocenters. The summed E-state index contributed by atoms with van der Waals surface area (Å²) in [4.78, 5) is 0. The van der Waals surface area contributed by atoms with Gasteiger partial charge in [0.25, 0.3) is 0 Å². The SMILES string of the molecule is Cc1c(N)cccc1-c1nnnn1C1(C)CCCOC1. The van der Waals surface area contributed by atoms with Crippen LogP contribution in [0.2, 0.25) is 0 Å². The molecular weight excluding hydrogens is 254 g/mol. The van der Waals surface area contributed by atoms with Crippen LogP contribution in [0.25, 0.3) is 11.4 Å². The fourth-order valence-corrected chi connectivity index (χ4v) is 2.70. The van der Waals surface area contributed by atoms with Gasteiger partial charge in [-0.2, -0.15) is 0 Å². The molecule has 6 nitrogen and oxygen atoms in total. The number of rotatable bonds is 2. The minimum Gasteiger partial charge on any atom is -0.398 e. The van der Waals surface area contributed by atoms with Crippen LogP contribution in [0.3, 0.4) is 0 Å². The number of ether oxygens (including phenoxy) is 1. The summed E-state index contributed by atoms with van der Waals surface area (Å²) in [5, 5.41) is 12.2. The summed E-state index contributed by atoms with van der Waals surface area (Å²) < 4.78 is 7.50. The Hall–Kier alpha value is -1.95. The molecule has 1 fully saturated rings. The van der Waals surface area contributed by atoms with Gasteiger partial charge in [-0.25, -0.2) is 4.68 Å². The van der Waals surface area contributed by atoms with Gasteiger partial charge in [0.05, 0.1) is 12.1 Å². The highest BCUT2D eigenvalue weighted by Crippen LogP contribution is 2.32. The van der Waals surface area contributed by atoms with Crippen LogP contribution in [0.1, 0.15) is 25.3 Å². The van der Waals surface area contributed by atoms with Crippen LogP contribution in [0.15, 0.2) is 18.2 Å². The molecule has 6 heteroatoms. The van der Waals surface area contributed by atoms with Crippen molar-refractivity contribution in [3.63, 3.8) is 0 Å². The maximum Gasteiger partial charge on any atom is 0.182 e. The first-order valence-corrected chi connectivity index (χ1v) is 6.84. The largest absolute Gasteiger partial charge is 0.398 e. The summed E-state index contributed by atoms with van der Waals surface area (Å²) in [5.74, 6) is 0.753. The van der Waals surface area contributed by atoms with Crippen molar-refractivity contribution in [3.8, 4) is 11.4 Å². The molecule has 0 radical (unpaired) electrons. The lowest BCUT2D eigenvalue weighted by molar-refractivity contribution is 0.00348. The lowest BCUT2D eigenvalue weighted by Gasteiger charge is -2.33. The molecule has 1 aromatic heterocycles. The van der Waals surface area contributed by atoms with Gasteiger partial charge < -0.3 is 10.5 Å². The Balaban J connectivity index is 2.08. The maximum absolute atomic E-state index is 5.99. The number of nitrogens with two attached hydrogens (primary N) is 1. The minimum atomic E-state index is -0.200. The fraction of sp³-hybridized carbons (Fsp3) is 0.500. The molecule has 2 N–H and O–H groups in total. The molecule has 0 spiro atoms. The summed E-state index contributed by atoms with van der Waals surface area (Å²) in [6, 6.07) is 5.82. The molecule has 1 saturated heterocycles. The van der Waals surface area contributed by atoms with E-state index in [9.17, 15) is 0 Å². The minimum absolute atomic E-state index is 0.200. The zero-order valence-electron chi connectivity index (χ0n) is 11.8. The van der Waals surface area contributed by atoms with Crippen molar-refractivity contribution in [2.24, 2.45) is 0 Å². The summed E-state index contributed by atoms with van der Waals surface area (Å²) >= 11 is 0. The Morgan fingerprint density at radius 3 is 3.00 bits per heavy atom. The van der Waals surface area contributed by atoms with Gasteiger partial charge in [-0.05, 0) is 48.7 Å². The van der Waals surface area contributed by atoms with Gasteiger partial charge in [0.2, 0.25) is 0 Å². The van der Waals surface area contributed by atoms with E-state index >= 15 is 0 Å². The Morgan fingerprint density at radius 2 is 2.25 bits per heavy atom. The van der Waals surface area contributed by atoms with Crippen molar-refractivity contribution < 1.29 is 4.74 Å². The van der Waals surface area contributed by atoms with Crippen molar-refractivity contribution >= 4 is 5.69 Å². The first kappa shape index (κ1) is 13.1. The van der Waals surface area contributed by atoms with Gasteiger partial charge in [-0.15, -0.1) is 5.10 Å². The van der Waals surface area contributed by atoms with Crippen LogP contribution in [0, 0.1) is 6.92 Å². The lowest BCUT2D eigenvalue weighted by Crippen LogP contribution is -2.40. The molecule has 1 unspecified atom stereocenters. The molecule has 0 saturated carbocycles. The zero-order valence-corrected chi connectivity index (χ0v) is 11.8. The quantitative estimate of drug-likeness (QED) is 0.843. The number of nitrogen functional groups attached to an aromatic ring is 1. The Labute approximate surface area is 117 Å². The topological polar surface area (TPSA) is 78.9 Å². The molecule has 0 bridgehead atoms. The molecule has 1 aromatic carbocycles. The Kier molecular flexibility index (Phi) is 3.17. The second kappa shape index (κ2) is 4.86. The van der Waals surface area contributed by atoms with Gasteiger partial charge in [-0.1, -0.05) is 12.1 Å². The smallest absolute Gasteiger partial charge is 0.182 e. The van der Waals surface area contributed by atoms with Crippen LogP contribution in [-0.4, -0.2) is 33.4 Å². The molecule has 2 heterocycles. The fourth-order valence-electron chi connectivity index (χ4n) is 2.70. The molecule has 106 valence electrons. The molecule has 3 rings (SSSR count). The van der Waals surface area contributed by atoms with Crippen molar-refractivity contribution in [1.29, 1.82) is 0 Å². The molecule has 2 aromatic rings. The maximum atomic E-state index is 5.99. The van der Waals surface area contributed by atoms with E-state index in [0.29, 0.717) is 6.61 Å². The first-order valence-electron chi connectivity index (χ1n) is 6.84. The zero-order chi connectivity index (χ0) is 14.2. The summed E-state index contributed by atoms with van der Waals surface area (Å²) in [6.07, 6.45) is 2.03. The predicted octanol–water partition coefficient (Wildman–Crippen LogP) is 1.76. The molecule has 0 aliphatic carbocycles. The third-order valence-electron chi connectivity index (χ3n) is 4.01. The van der Waals surface area contributed by atoms with Crippen molar-refractivity contribution in [2.45, 2.75) is 32.2 Å². The number of tetrazole rings is 1. The summed E-state index contributed by atoms with van der Waals surface area (Å²) in [5.41, 5.74) is 8.51. The van der Waals surface area contributed by atoms with Gasteiger partial charge in [0, 0.05) is 17.9 Å². The van der Waals surface area contributed by atoms with Gasteiger partial charge >= 0.3 is 0 Å². The first-order chi connectivity index (χ1) is 9.62. The van der Waals surface area contributed by atoms with E-state index in [4.69, 9.17) is 10.5 Å². The number of hydrogen-bond donors (Lipinski definition) is 1. The molecular formula is C14H19N5O. The monoisotopic (exact) mass is 273 g/mol. The number of hydrogen-bond acceptors (Lipinski definition) is 5. The highest BCUT2D eigenvalue weighted by atomic mass is 16.5. The highest BCUT2D eigenvalue weighted by Gasteiger charge is 2.33. The lowest BCUT2D eigenvalue weighted by atomic mass is 9.94. The second-order valence-electron chi connectivity index (χ2n) is 5.59. The van der Waals surface area contributed by atoms with E-state index in [1.165, 1.54) is 0 Å². The number of anilines is 1. The van der Waals surface area contributed by atoms with Crippen LogP contribution in [0.4, 0.5) is 5.69 Å². The van der Waals surface area contributed by atoms with Gasteiger partial charge in [0.1, 0.15) is 0 Å². The molecule has 1 aliphatic heterocycles. The summed E-state index contributed by atoms with van der Waals surface area (Å²) in [7, 11) is 0. The number of nitrogens with zero attached hydrogens (tertiary/aromatic N) is 4. The van der Waals surface area contributed by atoms with E-state index in [2.05, 4.69) is 22.4 Å². The third kappa shape index (κ3) is 2.06. The van der Waals surface area contributed by atoms with Crippen molar-refractivity contribution in [2.75, 3.05) is 18.9 Å². The normalized spacial score (nSPS) is 22.9. The third-order valence-corrected chi connectivity index (χ3v) is 4.01. The van der Waals surface area contributed by atoms with Crippen molar-refractivity contribution in [3.05, 3.63) is 23.8 Å². The Bertz CT molecular complexity index is 616. The van der Waals surface area contributed by atoms with E-state index in [1.54, 1.807) is 0 Å². The van der Waals surface area contributed by atoms with E-state index < -0.39 is 0 Å². The summed E-state index contributed by atoms with van der Waals surface area (Å²) in [6.45, 7) is 5.56. The van der Waals surface area contributed by atoms with Crippen LogP contribution < -0.4 is 5.73 Å². The van der Waals surface area contributed by atoms with E-state index in [0.717, 1.165) is 42.1 Å². The van der Waals surface area contributed by atoms with E-state index in [1.807, 2.05) is 29.8 Å². The number of aromatic nitrogens is 4. The predicted molar refractivity (Wildman–Crippen MR) is 76.1 cm³/mol.